The third kappa shape index (κ3) is 2.23. The standard InChI is InChI=1S/C16H14N4O2/c1-4-7-17-16(21)11-9-12(13-6-5-8-22-13)18-15-14(11)10(2)19-20(15)3/h1,5-6,8-9H,7H2,2-3H3,(H,17,21). The van der Waals surface area contributed by atoms with Gasteiger partial charge < -0.3 is 9.73 Å². The molecule has 0 unspecified atom stereocenters. The molecule has 0 saturated heterocycles. The second kappa shape index (κ2) is 5.37. The van der Waals surface area contributed by atoms with E-state index in [4.69, 9.17) is 10.8 Å². The highest BCUT2D eigenvalue weighted by atomic mass is 16.3. The average molecular weight is 294 g/mol. The second-order valence-corrected chi connectivity index (χ2v) is 4.83. The molecule has 0 aromatic carbocycles. The van der Waals surface area contributed by atoms with Crippen LogP contribution in [0.3, 0.4) is 0 Å². The van der Waals surface area contributed by atoms with Crippen LogP contribution in [0.4, 0.5) is 0 Å². The number of furan rings is 1. The number of amides is 1. The van der Waals surface area contributed by atoms with Gasteiger partial charge in [-0.1, -0.05) is 5.92 Å². The van der Waals surface area contributed by atoms with Crippen LogP contribution in [-0.4, -0.2) is 27.2 Å². The molecular weight excluding hydrogens is 280 g/mol. The lowest BCUT2D eigenvalue weighted by Crippen LogP contribution is -2.24. The monoisotopic (exact) mass is 294 g/mol. The van der Waals surface area contributed by atoms with Gasteiger partial charge in [0.05, 0.1) is 29.5 Å². The van der Waals surface area contributed by atoms with Crippen molar-refractivity contribution >= 4 is 16.9 Å². The zero-order valence-corrected chi connectivity index (χ0v) is 12.3. The molecule has 6 heteroatoms. The maximum absolute atomic E-state index is 12.4. The van der Waals surface area contributed by atoms with Crippen molar-refractivity contribution in [3.8, 4) is 23.8 Å². The summed E-state index contributed by atoms with van der Waals surface area (Å²) in [6.45, 7) is 2.01. The van der Waals surface area contributed by atoms with Crippen LogP contribution in [0.25, 0.3) is 22.5 Å². The Balaban J connectivity index is 2.24. The number of carbonyl (C=O) groups excluding carboxylic acids is 1. The van der Waals surface area contributed by atoms with Crippen LogP contribution in [0.2, 0.25) is 0 Å². The van der Waals surface area contributed by atoms with E-state index in [-0.39, 0.29) is 12.5 Å². The Morgan fingerprint density at radius 2 is 2.36 bits per heavy atom. The van der Waals surface area contributed by atoms with Gasteiger partial charge in [-0.15, -0.1) is 6.42 Å². The van der Waals surface area contributed by atoms with Crippen molar-refractivity contribution in [3.63, 3.8) is 0 Å². The molecule has 3 aromatic heterocycles. The number of hydrogen-bond acceptors (Lipinski definition) is 4. The molecule has 22 heavy (non-hydrogen) atoms. The van der Waals surface area contributed by atoms with Gasteiger partial charge in [0.25, 0.3) is 5.91 Å². The molecule has 110 valence electrons. The number of fused-ring (bicyclic) bond motifs is 1. The molecule has 1 amide bonds. The van der Waals surface area contributed by atoms with E-state index in [1.807, 2.05) is 6.92 Å². The maximum Gasteiger partial charge on any atom is 0.252 e. The van der Waals surface area contributed by atoms with Crippen molar-refractivity contribution in [2.24, 2.45) is 7.05 Å². The Bertz CT molecular complexity index is 885. The van der Waals surface area contributed by atoms with Crippen LogP contribution in [0.15, 0.2) is 28.9 Å². The first-order valence-corrected chi connectivity index (χ1v) is 6.71. The molecule has 0 bridgehead atoms. The van der Waals surface area contributed by atoms with Gasteiger partial charge in [0, 0.05) is 7.05 Å². The van der Waals surface area contributed by atoms with Gasteiger partial charge >= 0.3 is 0 Å². The van der Waals surface area contributed by atoms with E-state index in [9.17, 15) is 4.79 Å². The van der Waals surface area contributed by atoms with Crippen molar-refractivity contribution in [1.82, 2.24) is 20.1 Å². The molecule has 0 aliphatic rings. The van der Waals surface area contributed by atoms with Gasteiger partial charge in [0.2, 0.25) is 0 Å². The summed E-state index contributed by atoms with van der Waals surface area (Å²) >= 11 is 0. The highest BCUT2D eigenvalue weighted by molar-refractivity contribution is 6.07. The summed E-state index contributed by atoms with van der Waals surface area (Å²) in [5.74, 6) is 2.73. The highest BCUT2D eigenvalue weighted by Gasteiger charge is 2.19. The molecule has 0 atom stereocenters. The predicted molar refractivity (Wildman–Crippen MR) is 82.1 cm³/mol. The lowest BCUT2D eigenvalue weighted by atomic mass is 10.1. The quantitative estimate of drug-likeness (QED) is 0.749. The minimum absolute atomic E-state index is 0.165. The number of nitrogens with zero attached hydrogens (tertiary/aromatic N) is 3. The number of terminal acetylenes is 1. The first-order valence-electron chi connectivity index (χ1n) is 6.71. The molecule has 3 aromatic rings. The van der Waals surface area contributed by atoms with Crippen LogP contribution in [0, 0.1) is 19.3 Å². The number of aromatic nitrogens is 3. The summed E-state index contributed by atoms with van der Waals surface area (Å²) in [4.78, 5) is 16.9. The van der Waals surface area contributed by atoms with Gasteiger partial charge in [0.1, 0.15) is 5.69 Å². The maximum atomic E-state index is 12.4. The second-order valence-electron chi connectivity index (χ2n) is 4.83. The van der Waals surface area contributed by atoms with Gasteiger partial charge in [-0.2, -0.15) is 5.10 Å². The number of hydrogen-bond donors (Lipinski definition) is 1. The van der Waals surface area contributed by atoms with E-state index >= 15 is 0 Å². The number of aryl methyl sites for hydroxylation is 2. The largest absolute Gasteiger partial charge is 0.463 e. The van der Waals surface area contributed by atoms with Crippen LogP contribution >= 0.6 is 0 Å². The Morgan fingerprint density at radius 3 is 3.05 bits per heavy atom. The lowest BCUT2D eigenvalue weighted by Gasteiger charge is -2.06. The zero-order valence-electron chi connectivity index (χ0n) is 12.3. The average Bonchev–Trinajstić information content (AvgIpc) is 3.13. The highest BCUT2D eigenvalue weighted by Crippen LogP contribution is 2.26. The Labute approximate surface area is 127 Å². The van der Waals surface area contributed by atoms with Crippen molar-refractivity contribution in [2.45, 2.75) is 6.92 Å². The summed E-state index contributed by atoms with van der Waals surface area (Å²) in [6, 6.07) is 5.26. The third-order valence-corrected chi connectivity index (χ3v) is 3.34. The van der Waals surface area contributed by atoms with E-state index in [1.165, 1.54) is 0 Å². The number of rotatable bonds is 3. The predicted octanol–water partition coefficient (Wildman–Crippen LogP) is 1.90. The van der Waals surface area contributed by atoms with Crippen molar-refractivity contribution in [2.75, 3.05) is 6.54 Å². The topological polar surface area (TPSA) is 73.0 Å². The first-order chi connectivity index (χ1) is 10.6. The van der Waals surface area contributed by atoms with Crippen LogP contribution < -0.4 is 5.32 Å². The van der Waals surface area contributed by atoms with E-state index in [0.717, 1.165) is 5.69 Å². The summed E-state index contributed by atoms with van der Waals surface area (Å²) in [6.07, 6.45) is 6.76. The molecule has 0 aliphatic heterocycles. The molecule has 3 rings (SSSR count). The summed E-state index contributed by atoms with van der Waals surface area (Å²) in [7, 11) is 1.79. The molecule has 1 N–H and O–H groups in total. The third-order valence-electron chi connectivity index (χ3n) is 3.34. The SMILES string of the molecule is C#CCNC(=O)c1cc(-c2ccco2)nc2c1c(C)nn2C. The fourth-order valence-corrected chi connectivity index (χ4v) is 2.40. The molecule has 0 radical (unpaired) electrons. The summed E-state index contributed by atoms with van der Waals surface area (Å²) in [5.41, 5.74) is 2.42. The Kier molecular flexibility index (Phi) is 3.39. The summed E-state index contributed by atoms with van der Waals surface area (Å²) in [5, 5.41) is 7.73. The van der Waals surface area contributed by atoms with Gasteiger partial charge in [0.15, 0.2) is 11.4 Å². The van der Waals surface area contributed by atoms with Crippen molar-refractivity contribution < 1.29 is 9.21 Å². The summed E-state index contributed by atoms with van der Waals surface area (Å²) < 4.78 is 7.02. The Morgan fingerprint density at radius 1 is 1.55 bits per heavy atom. The van der Waals surface area contributed by atoms with Crippen LogP contribution in [0.5, 0.6) is 0 Å². The molecular formula is C16H14N4O2. The van der Waals surface area contributed by atoms with Crippen LogP contribution in [-0.2, 0) is 7.05 Å². The first kappa shape index (κ1) is 13.9. The van der Waals surface area contributed by atoms with Crippen LogP contribution in [0.1, 0.15) is 16.1 Å². The van der Waals surface area contributed by atoms with Gasteiger partial charge in [-0.3, -0.25) is 9.48 Å². The lowest BCUT2D eigenvalue weighted by molar-refractivity contribution is 0.0960. The van der Waals surface area contributed by atoms with Crippen molar-refractivity contribution in [3.05, 3.63) is 35.7 Å². The number of carbonyl (C=O) groups is 1. The molecule has 0 saturated carbocycles. The van der Waals surface area contributed by atoms with E-state index < -0.39 is 0 Å². The molecule has 0 spiro atoms. The fraction of sp³-hybridized carbons (Fsp3) is 0.188. The molecule has 3 heterocycles. The van der Waals surface area contributed by atoms with Crippen molar-refractivity contribution in [1.29, 1.82) is 0 Å². The Hall–Kier alpha value is -3.07. The minimum atomic E-state index is -0.255. The van der Waals surface area contributed by atoms with Gasteiger partial charge in [-0.25, -0.2) is 4.98 Å². The fourth-order valence-electron chi connectivity index (χ4n) is 2.40. The van der Waals surface area contributed by atoms with E-state index in [1.54, 1.807) is 36.2 Å². The zero-order chi connectivity index (χ0) is 15.7. The van der Waals surface area contributed by atoms with E-state index in [2.05, 4.69) is 21.3 Å². The van der Waals surface area contributed by atoms with E-state index in [0.29, 0.717) is 28.1 Å². The smallest absolute Gasteiger partial charge is 0.252 e. The number of nitrogens with one attached hydrogen (secondary N) is 1. The molecule has 6 nitrogen and oxygen atoms in total. The minimum Gasteiger partial charge on any atom is -0.463 e. The van der Waals surface area contributed by atoms with Gasteiger partial charge in [-0.05, 0) is 25.1 Å². The number of pyridine rings is 1. The molecule has 0 fully saturated rings. The molecule has 0 aliphatic carbocycles. The normalized spacial score (nSPS) is 10.6.